The fourth-order valence-corrected chi connectivity index (χ4v) is 0.629. The van der Waals surface area contributed by atoms with Crippen LogP contribution in [0, 0.1) is 5.21 Å². The summed E-state index contributed by atoms with van der Waals surface area (Å²) in [6.07, 6.45) is -0.455. The van der Waals surface area contributed by atoms with Crippen LogP contribution in [0.3, 0.4) is 0 Å². The van der Waals surface area contributed by atoms with Gasteiger partial charge in [-0.3, -0.25) is 0 Å². The summed E-state index contributed by atoms with van der Waals surface area (Å²) in [5, 5.41) is 30.3. The first-order valence-electron chi connectivity index (χ1n) is 2.49. The zero-order valence-electron chi connectivity index (χ0n) is 5.64. The van der Waals surface area contributed by atoms with E-state index in [9.17, 15) is 5.21 Å². The van der Waals surface area contributed by atoms with Crippen LogP contribution in [0.25, 0.3) is 0 Å². The Kier molecular flexibility index (Phi) is 3.95. The second kappa shape index (κ2) is 3.97. The van der Waals surface area contributed by atoms with Gasteiger partial charge in [-0.25, -0.2) is 0 Å². The molecule has 1 aliphatic heterocycles. The fraction of sp³-hybridized carbons (Fsp3) is 1.00. The Hall–Kier alpha value is -0.0400. The van der Waals surface area contributed by atoms with Gasteiger partial charge in [0.05, 0.1) is 4.97 Å². The van der Waals surface area contributed by atoms with Crippen molar-refractivity contribution in [2.24, 2.45) is 5.28 Å². The molecule has 0 bridgehead atoms. The summed E-state index contributed by atoms with van der Waals surface area (Å²) < 4.78 is 0. The molecular formula is C3H7N3NaO3. The summed E-state index contributed by atoms with van der Waals surface area (Å²) in [6, 6.07) is 0. The maximum absolute atomic E-state index is 10.3. The molecule has 1 heterocycles. The van der Waals surface area contributed by atoms with Gasteiger partial charge in [0.25, 0.3) is 0 Å². The first-order valence-corrected chi connectivity index (χ1v) is 2.49. The van der Waals surface area contributed by atoms with Crippen LogP contribution in [-0.2, 0) is 0 Å². The fourth-order valence-electron chi connectivity index (χ4n) is 0.629. The van der Waals surface area contributed by atoms with Gasteiger partial charge in [0.1, 0.15) is 19.2 Å². The van der Waals surface area contributed by atoms with Crippen LogP contribution in [-0.4, -0.2) is 69.0 Å². The average Bonchev–Trinajstić information content (AvgIpc) is 1.79. The number of aliphatic hydroxyl groups excluding tert-OH is 1. The van der Waals surface area contributed by atoms with E-state index < -0.39 is 6.10 Å². The van der Waals surface area contributed by atoms with Crippen LogP contribution in [0.1, 0.15) is 0 Å². The zero-order valence-corrected chi connectivity index (χ0v) is 7.64. The Bertz CT molecular complexity index is 135. The Morgan fingerprint density at radius 2 is 2.10 bits per heavy atom. The van der Waals surface area contributed by atoms with Crippen molar-refractivity contribution in [1.29, 1.82) is 0 Å². The molecule has 0 atom stereocenters. The molecule has 0 unspecified atom stereocenters. The minimum absolute atomic E-state index is 0. The third-order valence-corrected chi connectivity index (χ3v) is 1.16. The molecule has 0 spiro atoms. The number of hydrogen-bond acceptors (Lipinski definition) is 3. The second-order valence-electron chi connectivity index (χ2n) is 1.87. The van der Waals surface area contributed by atoms with E-state index in [0.717, 1.165) is 5.01 Å². The molecule has 53 valence electrons. The number of rotatable bonds is 1. The summed E-state index contributed by atoms with van der Waals surface area (Å²) in [5.41, 5.74) is 0. The van der Waals surface area contributed by atoms with Gasteiger partial charge in [-0.2, -0.15) is 0 Å². The van der Waals surface area contributed by atoms with E-state index in [0.29, 0.717) is 0 Å². The van der Waals surface area contributed by atoms with Crippen molar-refractivity contribution in [3.63, 3.8) is 0 Å². The third kappa shape index (κ3) is 1.98. The van der Waals surface area contributed by atoms with Crippen LogP contribution in [0.2, 0.25) is 0 Å². The number of nitrogens with zero attached hydrogens (tertiary/aromatic N) is 3. The topological polar surface area (TPSA) is 82.1 Å². The van der Waals surface area contributed by atoms with E-state index >= 15 is 0 Å². The van der Waals surface area contributed by atoms with Gasteiger partial charge in [-0.15, -0.1) is 5.01 Å². The summed E-state index contributed by atoms with van der Waals surface area (Å²) in [4.78, 5) is 0.0483. The summed E-state index contributed by atoms with van der Waals surface area (Å²) in [5.74, 6) is 0. The van der Waals surface area contributed by atoms with Crippen molar-refractivity contribution in [2.45, 2.75) is 6.10 Å². The number of β-amino-alcohol motifs (C(OH)–C–C–N with tert-alkyl or cyclic N) is 1. The van der Waals surface area contributed by atoms with Crippen LogP contribution < -0.4 is 0 Å². The van der Waals surface area contributed by atoms with Crippen molar-refractivity contribution < 1.29 is 15.3 Å². The van der Waals surface area contributed by atoms with Crippen molar-refractivity contribution >= 4 is 29.6 Å². The summed E-state index contributed by atoms with van der Waals surface area (Å²) >= 11 is 0. The number of hydrogen-bond donors (Lipinski definition) is 2. The van der Waals surface area contributed by atoms with E-state index in [1.54, 1.807) is 0 Å². The van der Waals surface area contributed by atoms with E-state index in [1.807, 2.05) is 0 Å². The van der Waals surface area contributed by atoms with Gasteiger partial charge in [0.2, 0.25) is 5.28 Å². The second-order valence-corrected chi connectivity index (χ2v) is 1.87. The van der Waals surface area contributed by atoms with Crippen molar-refractivity contribution in [2.75, 3.05) is 13.1 Å². The maximum Gasteiger partial charge on any atom is 0.230 e. The molecule has 7 heteroatoms. The van der Waals surface area contributed by atoms with Gasteiger partial charge in [0, 0.05) is 29.6 Å². The standard InChI is InChI=1S/C3H7N3O3.Na/c7-3-1-5(2-3)6(9)4-8;/h3,7-8H,1-2H2;/b6-4-;. The molecule has 2 N–H and O–H groups in total. The zero-order chi connectivity index (χ0) is 6.85. The molecule has 0 saturated carbocycles. The maximum atomic E-state index is 10.3. The van der Waals surface area contributed by atoms with Gasteiger partial charge in [-0.1, -0.05) is 0 Å². The largest absolute Gasteiger partial charge is 0.569 e. The van der Waals surface area contributed by atoms with Crippen LogP contribution in [0.4, 0.5) is 0 Å². The first kappa shape index (κ1) is 9.96. The Morgan fingerprint density at radius 1 is 1.60 bits per heavy atom. The molecule has 0 aromatic heterocycles. The first-order chi connectivity index (χ1) is 4.24. The van der Waals surface area contributed by atoms with Gasteiger partial charge < -0.3 is 15.5 Å². The quantitative estimate of drug-likeness (QED) is 0.210. The Balaban J connectivity index is 0.000000810. The molecule has 6 nitrogen and oxygen atoms in total. The number of aliphatic hydroxyl groups is 1. The molecule has 0 aromatic carbocycles. The SMILES string of the molecule is [Na].[O-]/[N+](=N\O)N1CC(O)C1. The van der Waals surface area contributed by atoms with Gasteiger partial charge >= 0.3 is 0 Å². The van der Waals surface area contributed by atoms with Crippen molar-refractivity contribution in [3.05, 3.63) is 5.21 Å². The molecule has 1 fully saturated rings. The summed E-state index contributed by atoms with van der Waals surface area (Å²) in [7, 11) is 0. The molecule has 1 rings (SSSR count). The average molecular weight is 156 g/mol. The molecule has 0 amide bonds. The van der Waals surface area contributed by atoms with E-state index in [2.05, 4.69) is 5.28 Å². The Morgan fingerprint density at radius 3 is 2.40 bits per heavy atom. The third-order valence-electron chi connectivity index (χ3n) is 1.16. The minimum atomic E-state index is -0.455. The minimum Gasteiger partial charge on any atom is -0.569 e. The smallest absolute Gasteiger partial charge is 0.230 e. The van der Waals surface area contributed by atoms with Crippen molar-refractivity contribution in [3.8, 4) is 0 Å². The molecule has 0 aromatic rings. The molecule has 1 saturated heterocycles. The summed E-state index contributed by atoms with van der Waals surface area (Å²) in [6.45, 7) is 0.487. The van der Waals surface area contributed by atoms with Crippen LogP contribution >= 0.6 is 0 Å². The Labute approximate surface area is 79.6 Å². The molecule has 1 aliphatic rings. The monoisotopic (exact) mass is 156 g/mol. The van der Waals surface area contributed by atoms with Crippen LogP contribution in [0.5, 0.6) is 0 Å². The predicted octanol–water partition coefficient (Wildman–Crippen LogP) is -1.45. The van der Waals surface area contributed by atoms with E-state index in [4.69, 9.17) is 10.3 Å². The van der Waals surface area contributed by atoms with Crippen LogP contribution in [0.15, 0.2) is 5.28 Å². The molecular weight excluding hydrogens is 149 g/mol. The normalized spacial score (nSPS) is 19.7. The molecule has 1 radical (unpaired) electrons. The molecule has 10 heavy (non-hydrogen) atoms. The van der Waals surface area contributed by atoms with E-state index in [1.165, 1.54) is 0 Å². The molecule has 0 aliphatic carbocycles. The number of hydrazine groups is 1. The van der Waals surface area contributed by atoms with Gasteiger partial charge in [0.15, 0.2) is 0 Å². The predicted molar refractivity (Wildman–Crippen MR) is 31.2 cm³/mol. The van der Waals surface area contributed by atoms with E-state index in [-0.39, 0.29) is 47.6 Å². The van der Waals surface area contributed by atoms with Gasteiger partial charge in [-0.05, 0) is 0 Å². The van der Waals surface area contributed by atoms with Crippen molar-refractivity contribution in [1.82, 2.24) is 5.01 Å².